The minimum Gasteiger partial charge on any atom is -0.463 e. The highest BCUT2D eigenvalue weighted by molar-refractivity contribution is 5.76. The highest BCUT2D eigenvalue weighted by Crippen LogP contribution is 2.30. The van der Waals surface area contributed by atoms with Crippen LogP contribution in [-0.4, -0.2) is 24.3 Å². The molecule has 0 aromatic carbocycles. The van der Waals surface area contributed by atoms with Crippen molar-refractivity contribution in [2.24, 2.45) is 11.3 Å². The van der Waals surface area contributed by atoms with E-state index < -0.39 is 5.41 Å². The Morgan fingerprint density at radius 2 is 1.90 bits per heavy atom. The first-order valence-electron chi connectivity index (χ1n) is 7.30. The lowest BCUT2D eigenvalue weighted by molar-refractivity contribution is -0.156. The molecule has 3 nitrogen and oxygen atoms in total. The lowest BCUT2D eigenvalue weighted by Crippen LogP contribution is -2.33. The van der Waals surface area contributed by atoms with Gasteiger partial charge >= 0.3 is 5.97 Å². The third-order valence-corrected chi connectivity index (χ3v) is 3.61. The van der Waals surface area contributed by atoms with Crippen molar-refractivity contribution in [2.45, 2.75) is 54.4 Å². The van der Waals surface area contributed by atoms with Crippen molar-refractivity contribution in [1.82, 2.24) is 0 Å². The minimum atomic E-state index is -0.576. The van der Waals surface area contributed by atoms with Gasteiger partial charge in [0.15, 0.2) is 0 Å². The number of carbonyl (C=O) groups is 1. The highest BCUT2D eigenvalue weighted by Gasteiger charge is 2.34. The Hall–Kier alpha value is -1.09. The average Bonchev–Trinajstić information content (AvgIpc) is 2.34. The van der Waals surface area contributed by atoms with Crippen LogP contribution in [0.1, 0.15) is 54.4 Å². The molecule has 0 bridgehead atoms. The van der Waals surface area contributed by atoms with Crippen LogP contribution in [0.3, 0.4) is 0 Å². The first-order valence-corrected chi connectivity index (χ1v) is 7.30. The lowest BCUT2D eigenvalue weighted by Gasteiger charge is -2.27. The second kappa shape index (κ2) is 8.96. The summed E-state index contributed by atoms with van der Waals surface area (Å²) in [7, 11) is 0. The predicted molar refractivity (Wildman–Crippen MR) is 83.4 cm³/mol. The topological polar surface area (TPSA) is 46.5 Å². The molecule has 1 unspecified atom stereocenters. The van der Waals surface area contributed by atoms with Crippen LogP contribution in [0, 0.1) is 11.3 Å². The van der Waals surface area contributed by atoms with Crippen LogP contribution in [0.15, 0.2) is 23.3 Å². The lowest BCUT2D eigenvalue weighted by atomic mass is 9.79. The zero-order valence-electron chi connectivity index (χ0n) is 13.8. The fourth-order valence-electron chi connectivity index (χ4n) is 1.82. The molecule has 0 rings (SSSR count). The van der Waals surface area contributed by atoms with Gasteiger partial charge in [0.25, 0.3) is 0 Å². The van der Waals surface area contributed by atoms with E-state index in [4.69, 9.17) is 9.84 Å². The molecule has 0 aliphatic carbocycles. The summed E-state index contributed by atoms with van der Waals surface area (Å²) in [5.74, 6) is -0.159. The van der Waals surface area contributed by atoms with Crippen LogP contribution in [0.25, 0.3) is 0 Å². The van der Waals surface area contributed by atoms with E-state index in [2.05, 4.69) is 32.9 Å². The molecule has 0 aliphatic heterocycles. The number of hydrogen-bond acceptors (Lipinski definition) is 3. The number of ether oxygens (including phenoxy) is 1. The van der Waals surface area contributed by atoms with Crippen LogP contribution in [0.4, 0.5) is 0 Å². The number of esters is 1. The van der Waals surface area contributed by atoms with Crippen LogP contribution < -0.4 is 0 Å². The van der Waals surface area contributed by atoms with Gasteiger partial charge in [-0.1, -0.05) is 30.2 Å². The molecule has 0 spiro atoms. The van der Waals surface area contributed by atoms with E-state index in [1.165, 1.54) is 11.1 Å². The van der Waals surface area contributed by atoms with Crippen molar-refractivity contribution in [3.05, 3.63) is 23.3 Å². The molecule has 3 heteroatoms. The van der Waals surface area contributed by atoms with Crippen molar-refractivity contribution < 1.29 is 14.6 Å². The van der Waals surface area contributed by atoms with E-state index in [0.717, 1.165) is 12.8 Å². The molecule has 0 aromatic rings. The molecule has 0 saturated heterocycles. The summed E-state index contributed by atoms with van der Waals surface area (Å²) in [6.07, 6.45) is 6.42. The smallest absolute Gasteiger partial charge is 0.312 e. The maximum Gasteiger partial charge on any atom is 0.312 e. The molecule has 0 saturated carbocycles. The third kappa shape index (κ3) is 6.90. The summed E-state index contributed by atoms with van der Waals surface area (Å²) in [5, 5.41) is 8.71. The van der Waals surface area contributed by atoms with Gasteiger partial charge in [-0.05, 0) is 53.4 Å². The molecular formula is C17H30O3. The maximum absolute atomic E-state index is 12.0. The Balaban J connectivity index is 4.58. The average molecular weight is 282 g/mol. The van der Waals surface area contributed by atoms with Gasteiger partial charge < -0.3 is 9.84 Å². The molecule has 116 valence electrons. The van der Waals surface area contributed by atoms with E-state index in [1.54, 1.807) is 0 Å². The first kappa shape index (κ1) is 18.9. The number of aliphatic hydroxyl groups excluding tert-OH is 1. The summed E-state index contributed by atoms with van der Waals surface area (Å²) < 4.78 is 5.04. The molecular weight excluding hydrogens is 252 g/mol. The Morgan fingerprint density at radius 1 is 1.30 bits per heavy atom. The van der Waals surface area contributed by atoms with Gasteiger partial charge in [-0.25, -0.2) is 0 Å². The van der Waals surface area contributed by atoms with Crippen molar-refractivity contribution in [3.8, 4) is 0 Å². The van der Waals surface area contributed by atoms with Crippen LogP contribution in [0.5, 0.6) is 0 Å². The first-order chi connectivity index (χ1) is 9.21. The Morgan fingerprint density at radius 3 is 2.40 bits per heavy atom. The van der Waals surface area contributed by atoms with Gasteiger partial charge in [-0.2, -0.15) is 0 Å². The van der Waals surface area contributed by atoms with E-state index in [1.807, 2.05) is 20.8 Å². The predicted octanol–water partition coefficient (Wildman–Crippen LogP) is 3.88. The Bertz CT molecular complexity index is 360. The summed E-state index contributed by atoms with van der Waals surface area (Å²) in [6, 6.07) is 0. The molecule has 0 amide bonds. The summed E-state index contributed by atoms with van der Waals surface area (Å²) in [6.45, 7) is 12.0. The van der Waals surface area contributed by atoms with E-state index in [0.29, 0.717) is 0 Å². The quantitative estimate of drug-likeness (QED) is 0.543. The number of allylic oxidation sites excluding steroid dienone is 4. The zero-order chi connectivity index (χ0) is 15.8. The summed E-state index contributed by atoms with van der Waals surface area (Å²) in [4.78, 5) is 12.0. The molecule has 0 heterocycles. The van der Waals surface area contributed by atoms with E-state index >= 15 is 0 Å². The van der Waals surface area contributed by atoms with Gasteiger partial charge in [-0.15, -0.1) is 0 Å². The largest absolute Gasteiger partial charge is 0.463 e. The zero-order valence-corrected chi connectivity index (χ0v) is 13.8. The van der Waals surface area contributed by atoms with Crippen molar-refractivity contribution in [2.75, 3.05) is 13.2 Å². The van der Waals surface area contributed by atoms with Crippen molar-refractivity contribution in [1.29, 1.82) is 0 Å². The third-order valence-electron chi connectivity index (χ3n) is 3.61. The van der Waals surface area contributed by atoms with E-state index in [-0.39, 0.29) is 25.1 Å². The van der Waals surface area contributed by atoms with Crippen LogP contribution in [0.2, 0.25) is 0 Å². The molecule has 1 atom stereocenters. The molecule has 0 fully saturated rings. The Kier molecular flexibility index (Phi) is 8.47. The normalized spacial score (nSPS) is 13.8. The molecule has 1 N–H and O–H groups in total. The SMILES string of the molecule is CC(C)=CCC/C(C)=C/C(C)C(C)(C)C(=O)OCCO. The summed E-state index contributed by atoms with van der Waals surface area (Å²) >= 11 is 0. The molecule has 0 aliphatic rings. The standard InChI is InChI=1S/C17H30O3/c1-13(2)8-7-9-14(3)12-15(4)17(5,6)16(19)20-11-10-18/h8,12,15,18H,7,9-11H2,1-6H3/b14-12+. The molecule has 0 radical (unpaired) electrons. The number of aliphatic hydroxyl groups is 1. The van der Waals surface area contributed by atoms with Gasteiger partial charge in [0.1, 0.15) is 6.61 Å². The number of carbonyl (C=O) groups excluding carboxylic acids is 1. The van der Waals surface area contributed by atoms with Gasteiger partial charge in [0.2, 0.25) is 0 Å². The number of rotatable bonds is 8. The highest BCUT2D eigenvalue weighted by atomic mass is 16.5. The fraction of sp³-hybridized carbons (Fsp3) is 0.706. The molecule has 0 aromatic heterocycles. The van der Waals surface area contributed by atoms with Gasteiger partial charge in [0.05, 0.1) is 12.0 Å². The van der Waals surface area contributed by atoms with E-state index in [9.17, 15) is 4.79 Å². The van der Waals surface area contributed by atoms with Gasteiger partial charge in [-0.3, -0.25) is 4.79 Å². The second-order valence-corrected chi connectivity index (χ2v) is 6.20. The van der Waals surface area contributed by atoms with Crippen LogP contribution in [-0.2, 0) is 9.53 Å². The molecule has 20 heavy (non-hydrogen) atoms. The van der Waals surface area contributed by atoms with Gasteiger partial charge in [0, 0.05) is 0 Å². The monoisotopic (exact) mass is 282 g/mol. The summed E-state index contributed by atoms with van der Waals surface area (Å²) in [5.41, 5.74) is 2.05. The van der Waals surface area contributed by atoms with Crippen molar-refractivity contribution >= 4 is 5.97 Å². The maximum atomic E-state index is 12.0. The second-order valence-electron chi connectivity index (χ2n) is 6.20. The van der Waals surface area contributed by atoms with Crippen molar-refractivity contribution in [3.63, 3.8) is 0 Å². The van der Waals surface area contributed by atoms with Crippen LogP contribution >= 0.6 is 0 Å². The minimum absolute atomic E-state index is 0.0677. The fourth-order valence-corrected chi connectivity index (χ4v) is 1.82. The number of hydrogen-bond donors (Lipinski definition) is 1. The Labute approximate surface area is 123 Å².